The van der Waals surface area contributed by atoms with Gasteiger partial charge in [0.1, 0.15) is 11.4 Å². The molecule has 0 aliphatic carbocycles. The second-order valence-electron chi connectivity index (χ2n) is 7.74. The van der Waals surface area contributed by atoms with E-state index < -0.39 is 21.5 Å². The zero-order valence-electron chi connectivity index (χ0n) is 16.6. The van der Waals surface area contributed by atoms with Crippen LogP contribution in [-0.2, 0) is 22.9 Å². The van der Waals surface area contributed by atoms with Crippen LogP contribution in [0.5, 0.6) is 5.75 Å². The topological polar surface area (TPSA) is 72.5 Å². The van der Waals surface area contributed by atoms with E-state index in [1.54, 1.807) is 18.2 Å². The van der Waals surface area contributed by atoms with Crippen LogP contribution in [0.15, 0.2) is 71.6 Å². The van der Waals surface area contributed by atoms with E-state index in [9.17, 15) is 13.2 Å². The maximum absolute atomic E-state index is 12.6. The third-order valence-electron chi connectivity index (χ3n) is 5.09. The van der Waals surface area contributed by atoms with Gasteiger partial charge in [-0.15, -0.1) is 0 Å². The fourth-order valence-corrected chi connectivity index (χ4v) is 4.88. The number of amides is 1. The Labute approximate surface area is 191 Å². The monoisotopic (exact) mass is 475 g/mol. The first kappa shape index (κ1) is 21.7. The maximum atomic E-state index is 12.6. The van der Waals surface area contributed by atoms with Crippen molar-refractivity contribution in [3.63, 3.8) is 0 Å². The number of nitrogens with one attached hydrogen (secondary N) is 1. The van der Waals surface area contributed by atoms with E-state index in [-0.39, 0.29) is 10.5 Å². The average Bonchev–Trinajstić information content (AvgIpc) is 3.04. The predicted molar refractivity (Wildman–Crippen MR) is 120 cm³/mol. The third kappa shape index (κ3) is 4.87. The first-order valence-electron chi connectivity index (χ1n) is 9.53. The van der Waals surface area contributed by atoms with Crippen molar-refractivity contribution in [2.75, 3.05) is 0 Å². The van der Waals surface area contributed by atoms with Gasteiger partial charge in [0.25, 0.3) is 15.9 Å². The van der Waals surface area contributed by atoms with E-state index in [2.05, 4.69) is 4.72 Å². The molecule has 1 atom stereocenters. The minimum Gasteiger partial charge on any atom is -0.487 e. The highest BCUT2D eigenvalue weighted by molar-refractivity contribution is 7.90. The summed E-state index contributed by atoms with van der Waals surface area (Å²) in [5, 5.41) is 1.08. The molecule has 0 saturated carbocycles. The van der Waals surface area contributed by atoms with E-state index in [1.165, 1.54) is 24.3 Å². The molecule has 3 aromatic rings. The molecule has 160 valence electrons. The van der Waals surface area contributed by atoms with Gasteiger partial charge in [-0.1, -0.05) is 35.3 Å². The van der Waals surface area contributed by atoms with Crippen LogP contribution in [0.3, 0.4) is 0 Å². The van der Waals surface area contributed by atoms with Crippen LogP contribution >= 0.6 is 23.2 Å². The number of halogens is 2. The average molecular weight is 476 g/mol. The molecule has 0 bridgehead atoms. The second-order valence-corrected chi connectivity index (χ2v) is 10.3. The quantitative estimate of drug-likeness (QED) is 0.560. The SMILES string of the molecule is CC1(Cc2ccc(Cl)cc2)Cc2cc(C(=O)NS(=O)(=O)c3ccc(Cl)cc3)ccc2O1. The molecule has 31 heavy (non-hydrogen) atoms. The summed E-state index contributed by atoms with van der Waals surface area (Å²) in [6.45, 7) is 2.01. The molecule has 3 aromatic carbocycles. The molecule has 1 N–H and O–H groups in total. The molecule has 1 aliphatic rings. The summed E-state index contributed by atoms with van der Waals surface area (Å²) in [7, 11) is -4.01. The zero-order valence-corrected chi connectivity index (χ0v) is 18.9. The van der Waals surface area contributed by atoms with Crippen LogP contribution < -0.4 is 9.46 Å². The second kappa shape index (κ2) is 8.19. The number of benzene rings is 3. The number of sulfonamides is 1. The molecule has 4 rings (SSSR count). The predicted octanol–water partition coefficient (Wildman–Crippen LogP) is 5.05. The first-order chi connectivity index (χ1) is 14.6. The molecule has 0 saturated heterocycles. The smallest absolute Gasteiger partial charge is 0.265 e. The summed E-state index contributed by atoms with van der Waals surface area (Å²) < 4.78 is 33.2. The Morgan fingerprint density at radius 2 is 1.61 bits per heavy atom. The van der Waals surface area contributed by atoms with Gasteiger partial charge in [0.15, 0.2) is 0 Å². The van der Waals surface area contributed by atoms with E-state index >= 15 is 0 Å². The van der Waals surface area contributed by atoms with Crippen molar-refractivity contribution in [3.05, 3.63) is 93.5 Å². The van der Waals surface area contributed by atoms with Gasteiger partial charge in [-0.3, -0.25) is 4.79 Å². The van der Waals surface area contributed by atoms with Crippen molar-refractivity contribution in [3.8, 4) is 5.75 Å². The Morgan fingerprint density at radius 1 is 1.00 bits per heavy atom. The van der Waals surface area contributed by atoms with Crippen molar-refractivity contribution in [1.82, 2.24) is 4.72 Å². The number of carbonyl (C=O) groups is 1. The Morgan fingerprint density at radius 3 is 2.26 bits per heavy atom. The van der Waals surface area contributed by atoms with Crippen LogP contribution in [0.2, 0.25) is 10.0 Å². The normalized spacial score (nSPS) is 17.6. The van der Waals surface area contributed by atoms with E-state index in [4.69, 9.17) is 27.9 Å². The molecule has 1 unspecified atom stereocenters. The van der Waals surface area contributed by atoms with Gasteiger partial charge in [0, 0.05) is 28.5 Å². The molecule has 5 nitrogen and oxygen atoms in total. The molecule has 8 heteroatoms. The molecule has 0 fully saturated rings. The molecule has 1 heterocycles. The van der Waals surface area contributed by atoms with Crippen LogP contribution in [-0.4, -0.2) is 19.9 Å². The fourth-order valence-electron chi connectivity index (χ4n) is 3.65. The Balaban J connectivity index is 1.49. The number of carbonyl (C=O) groups excluding carboxylic acids is 1. The zero-order chi connectivity index (χ0) is 22.2. The molecule has 1 amide bonds. The van der Waals surface area contributed by atoms with Crippen molar-refractivity contribution in [1.29, 1.82) is 0 Å². The number of hydrogen-bond donors (Lipinski definition) is 1. The van der Waals surface area contributed by atoms with Crippen LogP contribution in [0.25, 0.3) is 0 Å². The lowest BCUT2D eigenvalue weighted by atomic mass is 9.91. The van der Waals surface area contributed by atoms with Gasteiger partial charge in [0.2, 0.25) is 0 Å². The van der Waals surface area contributed by atoms with Gasteiger partial charge < -0.3 is 4.74 Å². The summed E-state index contributed by atoms with van der Waals surface area (Å²) in [4.78, 5) is 12.6. The summed E-state index contributed by atoms with van der Waals surface area (Å²) in [6.07, 6.45) is 1.27. The Kier molecular flexibility index (Phi) is 5.73. The number of fused-ring (bicyclic) bond motifs is 1. The lowest BCUT2D eigenvalue weighted by Gasteiger charge is -2.24. The van der Waals surface area contributed by atoms with Crippen LogP contribution in [0.4, 0.5) is 0 Å². The fraction of sp³-hybridized carbons (Fsp3) is 0.174. The minimum absolute atomic E-state index is 0.0368. The van der Waals surface area contributed by atoms with Crippen molar-refractivity contribution >= 4 is 39.1 Å². The Hall–Kier alpha value is -2.54. The van der Waals surface area contributed by atoms with E-state index in [0.717, 1.165) is 11.1 Å². The lowest BCUT2D eigenvalue weighted by Crippen LogP contribution is -2.32. The molecule has 0 spiro atoms. The summed E-state index contributed by atoms with van der Waals surface area (Å²) in [6, 6.07) is 18.1. The van der Waals surface area contributed by atoms with Gasteiger partial charge >= 0.3 is 0 Å². The molecular formula is C23H19Cl2NO4S. The molecule has 1 aliphatic heterocycles. The molecule has 0 radical (unpaired) electrons. The maximum Gasteiger partial charge on any atom is 0.265 e. The van der Waals surface area contributed by atoms with E-state index in [0.29, 0.717) is 28.6 Å². The van der Waals surface area contributed by atoms with Crippen LogP contribution in [0, 0.1) is 0 Å². The van der Waals surface area contributed by atoms with Crippen molar-refractivity contribution < 1.29 is 17.9 Å². The van der Waals surface area contributed by atoms with Gasteiger partial charge in [-0.2, -0.15) is 0 Å². The van der Waals surface area contributed by atoms with Gasteiger partial charge in [-0.05, 0) is 72.6 Å². The molecule has 0 aromatic heterocycles. The van der Waals surface area contributed by atoms with Crippen LogP contribution in [0.1, 0.15) is 28.4 Å². The van der Waals surface area contributed by atoms with E-state index in [1.807, 2.05) is 31.2 Å². The Bertz CT molecular complexity index is 1240. The first-order valence-corrected chi connectivity index (χ1v) is 11.8. The number of ether oxygens (including phenoxy) is 1. The largest absolute Gasteiger partial charge is 0.487 e. The van der Waals surface area contributed by atoms with Gasteiger partial charge in [0.05, 0.1) is 4.90 Å². The number of hydrogen-bond acceptors (Lipinski definition) is 4. The summed E-state index contributed by atoms with van der Waals surface area (Å²) >= 11 is 11.8. The molecular weight excluding hydrogens is 457 g/mol. The van der Waals surface area contributed by atoms with Crippen molar-refractivity contribution in [2.24, 2.45) is 0 Å². The lowest BCUT2D eigenvalue weighted by molar-refractivity contribution is 0.0981. The third-order valence-corrected chi connectivity index (χ3v) is 6.94. The highest BCUT2D eigenvalue weighted by Crippen LogP contribution is 2.37. The minimum atomic E-state index is -4.01. The standard InChI is InChI=1S/C23H19Cl2NO4S/c1-23(13-15-2-5-18(24)6-3-15)14-17-12-16(4-11-21(17)30-23)22(27)26-31(28,29)20-9-7-19(25)8-10-20/h2-12H,13-14H2,1H3,(H,26,27). The highest BCUT2D eigenvalue weighted by Gasteiger charge is 2.35. The summed E-state index contributed by atoms with van der Waals surface area (Å²) in [5.41, 5.74) is 1.72. The highest BCUT2D eigenvalue weighted by atomic mass is 35.5. The number of rotatable bonds is 5. The summed E-state index contributed by atoms with van der Waals surface area (Å²) in [5.74, 6) is -0.0161. The van der Waals surface area contributed by atoms with Gasteiger partial charge in [-0.25, -0.2) is 13.1 Å². The van der Waals surface area contributed by atoms with Crippen molar-refractivity contribution in [2.45, 2.75) is 30.3 Å².